The molecule has 1 amide bonds. The molecule has 0 saturated heterocycles. The molecule has 1 saturated carbocycles. The molecule has 94 valence electrons. The van der Waals surface area contributed by atoms with E-state index in [1.54, 1.807) is 12.1 Å². The minimum atomic E-state index is -0.312. The van der Waals surface area contributed by atoms with Crippen molar-refractivity contribution in [3.8, 4) is 5.75 Å². The smallest absolute Gasteiger partial charge is 0.244 e. The van der Waals surface area contributed by atoms with E-state index in [0.717, 1.165) is 18.4 Å². The van der Waals surface area contributed by atoms with E-state index < -0.39 is 0 Å². The molecule has 2 aliphatic rings. The number of hydrogen-bond acceptors (Lipinski definition) is 2. The molecule has 0 bridgehead atoms. The highest BCUT2D eigenvalue weighted by Gasteiger charge is 2.23. The van der Waals surface area contributed by atoms with Gasteiger partial charge in [-0.25, -0.2) is 4.39 Å². The van der Waals surface area contributed by atoms with Crippen LogP contribution in [0.5, 0.6) is 5.75 Å². The van der Waals surface area contributed by atoms with Gasteiger partial charge in [-0.1, -0.05) is 0 Å². The molecule has 3 nitrogen and oxygen atoms in total. The Hall–Kier alpha value is -1.84. The average Bonchev–Trinajstić information content (AvgIpc) is 3.14. The van der Waals surface area contributed by atoms with Gasteiger partial charge >= 0.3 is 0 Å². The fourth-order valence-corrected chi connectivity index (χ4v) is 2.06. The number of hydrogen-bond donors (Lipinski definition) is 1. The topological polar surface area (TPSA) is 38.3 Å². The van der Waals surface area contributed by atoms with Crippen LogP contribution in [0.3, 0.4) is 0 Å². The molecule has 1 heterocycles. The van der Waals surface area contributed by atoms with Crippen molar-refractivity contribution in [3.63, 3.8) is 0 Å². The second-order valence-corrected chi connectivity index (χ2v) is 4.69. The first-order chi connectivity index (χ1) is 8.72. The summed E-state index contributed by atoms with van der Waals surface area (Å²) < 4.78 is 18.7. The zero-order valence-corrected chi connectivity index (χ0v) is 9.91. The van der Waals surface area contributed by atoms with Crippen molar-refractivity contribution in [2.24, 2.45) is 0 Å². The van der Waals surface area contributed by atoms with Crippen LogP contribution in [-0.2, 0) is 4.79 Å². The highest BCUT2D eigenvalue weighted by molar-refractivity contribution is 5.96. The summed E-state index contributed by atoms with van der Waals surface area (Å²) in [6.07, 6.45) is 4.32. The van der Waals surface area contributed by atoms with E-state index in [4.69, 9.17) is 4.74 Å². The number of carbonyl (C=O) groups excluding carboxylic acids is 1. The van der Waals surface area contributed by atoms with E-state index in [9.17, 15) is 9.18 Å². The zero-order chi connectivity index (χ0) is 12.5. The lowest BCUT2D eigenvalue weighted by Gasteiger charge is -2.20. The maximum absolute atomic E-state index is 13.2. The monoisotopic (exact) mass is 247 g/mol. The average molecular weight is 247 g/mol. The molecule has 1 aliphatic carbocycles. The van der Waals surface area contributed by atoms with Crippen molar-refractivity contribution < 1.29 is 13.9 Å². The molecule has 4 heteroatoms. The number of amides is 1. The van der Waals surface area contributed by atoms with Crippen molar-refractivity contribution in [2.75, 3.05) is 6.61 Å². The summed E-state index contributed by atoms with van der Waals surface area (Å²) in [4.78, 5) is 11.7. The highest BCUT2D eigenvalue weighted by atomic mass is 19.1. The first-order valence-electron chi connectivity index (χ1n) is 6.16. The van der Waals surface area contributed by atoms with Gasteiger partial charge in [0.05, 0.1) is 6.61 Å². The van der Waals surface area contributed by atoms with Crippen molar-refractivity contribution in [3.05, 3.63) is 35.7 Å². The van der Waals surface area contributed by atoms with Gasteiger partial charge in [-0.05, 0) is 36.6 Å². The maximum Gasteiger partial charge on any atom is 0.244 e. The molecule has 0 atom stereocenters. The quantitative estimate of drug-likeness (QED) is 0.814. The largest absolute Gasteiger partial charge is 0.493 e. The van der Waals surface area contributed by atoms with Crippen LogP contribution in [0.2, 0.25) is 0 Å². The number of halogens is 1. The van der Waals surface area contributed by atoms with Crippen LogP contribution in [0.4, 0.5) is 4.39 Å². The van der Waals surface area contributed by atoms with Gasteiger partial charge in [-0.2, -0.15) is 0 Å². The van der Waals surface area contributed by atoms with Gasteiger partial charge < -0.3 is 10.1 Å². The van der Waals surface area contributed by atoms with Gasteiger partial charge in [-0.15, -0.1) is 0 Å². The van der Waals surface area contributed by atoms with E-state index in [1.807, 2.05) is 0 Å². The Labute approximate surface area is 105 Å². The third kappa shape index (κ3) is 2.37. The van der Waals surface area contributed by atoms with E-state index >= 15 is 0 Å². The molecule has 0 radical (unpaired) electrons. The van der Waals surface area contributed by atoms with Crippen LogP contribution >= 0.6 is 0 Å². The van der Waals surface area contributed by atoms with Crippen LogP contribution in [0.25, 0.3) is 5.57 Å². The number of rotatable bonds is 2. The second-order valence-electron chi connectivity index (χ2n) is 4.69. The maximum atomic E-state index is 13.2. The highest BCUT2D eigenvalue weighted by Crippen LogP contribution is 2.33. The molecular weight excluding hydrogens is 233 g/mol. The fourth-order valence-electron chi connectivity index (χ4n) is 2.06. The third-order valence-electron chi connectivity index (χ3n) is 3.15. The fraction of sp³-hybridized carbons (Fsp3) is 0.357. The van der Waals surface area contributed by atoms with E-state index in [1.165, 1.54) is 12.1 Å². The Morgan fingerprint density at radius 3 is 3.06 bits per heavy atom. The van der Waals surface area contributed by atoms with Crippen LogP contribution < -0.4 is 10.1 Å². The van der Waals surface area contributed by atoms with Crippen LogP contribution in [-0.4, -0.2) is 18.6 Å². The number of nitrogens with one attached hydrogen (secondary N) is 1. The lowest BCUT2D eigenvalue weighted by molar-refractivity contribution is -0.116. The van der Waals surface area contributed by atoms with Crippen LogP contribution in [0.1, 0.15) is 24.8 Å². The Kier molecular flexibility index (Phi) is 2.78. The Balaban J connectivity index is 1.87. The standard InChI is InChI=1S/C14H14FNO2/c15-10-1-4-13-12(8-10)9(5-6-18-13)7-14(17)16-11-2-3-11/h1,4,7-8,11H,2-3,5-6H2,(H,16,17). The molecular formula is C14H14FNO2. The number of carbonyl (C=O) groups is 1. The van der Waals surface area contributed by atoms with E-state index in [-0.39, 0.29) is 11.7 Å². The summed E-state index contributed by atoms with van der Waals surface area (Å²) in [6, 6.07) is 4.73. The summed E-state index contributed by atoms with van der Waals surface area (Å²) in [6.45, 7) is 0.529. The zero-order valence-electron chi connectivity index (χ0n) is 9.91. The molecule has 0 aromatic heterocycles. The lowest BCUT2D eigenvalue weighted by atomic mass is 9.99. The molecule has 1 aromatic carbocycles. The summed E-state index contributed by atoms with van der Waals surface area (Å²) >= 11 is 0. The summed E-state index contributed by atoms with van der Waals surface area (Å²) in [7, 11) is 0. The minimum absolute atomic E-state index is 0.0930. The first kappa shape index (κ1) is 11.3. The van der Waals surface area contributed by atoms with Crippen LogP contribution in [0.15, 0.2) is 24.3 Å². The normalized spacial score (nSPS) is 20.2. The summed E-state index contributed by atoms with van der Waals surface area (Å²) in [5.74, 6) is 0.241. The molecule has 0 spiro atoms. The van der Waals surface area contributed by atoms with Gasteiger partial charge in [0.1, 0.15) is 11.6 Å². The molecule has 1 N–H and O–H groups in total. The van der Waals surface area contributed by atoms with Crippen molar-refractivity contribution in [1.82, 2.24) is 5.32 Å². The molecule has 1 fully saturated rings. The van der Waals surface area contributed by atoms with Gasteiger partial charge in [0.15, 0.2) is 0 Å². The Morgan fingerprint density at radius 2 is 2.28 bits per heavy atom. The molecule has 1 aliphatic heterocycles. The Bertz CT molecular complexity index is 521. The second kappa shape index (κ2) is 4.44. The molecule has 3 rings (SSSR count). The SMILES string of the molecule is O=C(C=C1CCOc2ccc(F)cc21)NC1CC1. The predicted molar refractivity (Wildman–Crippen MR) is 65.7 cm³/mol. The Morgan fingerprint density at radius 1 is 1.44 bits per heavy atom. The lowest BCUT2D eigenvalue weighted by Crippen LogP contribution is -2.23. The molecule has 18 heavy (non-hydrogen) atoms. The van der Waals surface area contributed by atoms with Crippen molar-refractivity contribution in [1.29, 1.82) is 0 Å². The molecule has 1 aromatic rings. The van der Waals surface area contributed by atoms with Gasteiger partial charge in [0, 0.05) is 24.1 Å². The van der Waals surface area contributed by atoms with Gasteiger partial charge in [0.25, 0.3) is 0 Å². The van der Waals surface area contributed by atoms with Gasteiger partial charge in [-0.3, -0.25) is 4.79 Å². The molecule has 0 unspecified atom stereocenters. The number of benzene rings is 1. The third-order valence-corrected chi connectivity index (χ3v) is 3.15. The minimum Gasteiger partial charge on any atom is -0.493 e. The van der Waals surface area contributed by atoms with Crippen molar-refractivity contribution in [2.45, 2.75) is 25.3 Å². The van der Waals surface area contributed by atoms with Crippen LogP contribution in [0, 0.1) is 5.82 Å². The van der Waals surface area contributed by atoms with E-state index in [2.05, 4.69) is 5.32 Å². The summed E-state index contributed by atoms with van der Waals surface area (Å²) in [5.41, 5.74) is 1.53. The summed E-state index contributed by atoms with van der Waals surface area (Å²) in [5, 5.41) is 2.90. The number of ether oxygens (including phenoxy) is 1. The van der Waals surface area contributed by atoms with Crippen molar-refractivity contribution >= 4 is 11.5 Å². The predicted octanol–water partition coefficient (Wildman–Crippen LogP) is 2.27. The van der Waals surface area contributed by atoms with E-state index in [0.29, 0.717) is 30.4 Å². The first-order valence-corrected chi connectivity index (χ1v) is 6.16. The number of fused-ring (bicyclic) bond motifs is 1. The van der Waals surface area contributed by atoms with Gasteiger partial charge in [0.2, 0.25) is 5.91 Å².